The number of hydrogen-bond acceptors (Lipinski definition) is 5. The molecule has 0 N–H and O–H groups in total. The van der Waals surface area contributed by atoms with Gasteiger partial charge in [0, 0.05) is 12.0 Å². The van der Waals surface area contributed by atoms with Crippen LogP contribution in [0.25, 0.3) is 0 Å². The van der Waals surface area contributed by atoms with Crippen molar-refractivity contribution in [1.82, 2.24) is 0 Å². The van der Waals surface area contributed by atoms with E-state index in [9.17, 15) is 0 Å². The summed E-state index contributed by atoms with van der Waals surface area (Å²) in [5.74, 6) is 5.09. The Morgan fingerprint density at radius 2 is 1.48 bits per heavy atom. The van der Waals surface area contributed by atoms with Crippen molar-refractivity contribution in [3.8, 4) is 24.7 Å². The Hall–Kier alpha value is -2.64. The largest absolute Gasteiger partial charge is 0.367 e. The molecule has 2 aliphatic rings. The monoisotopic (exact) mass is 418 g/mol. The number of terminal acetylenes is 2. The highest BCUT2D eigenvalue weighted by atomic mass is 16.7. The van der Waals surface area contributed by atoms with Gasteiger partial charge in [-0.3, -0.25) is 0 Å². The van der Waals surface area contributed by atoms with E-state index >= 15 is 0 Å². The van der Waals surface area contributed by atoms with Crippen LogP contribution in [0.5, 0.6) is 0 Å². The first-order valence-corrected chi connectivity index (χ1v) is 10.4. The first kappa shape index (κ1) is 21.6. The Balaban J connectivity index is 1.59. The molecular weight excluding hydrogens is 392 g/mol. The predicted octanol–water partition coefficient (Wildman–Crippen LogP) is 3.15. The van der Waals surface area contributed by atoms with Crippen molar-refractivity contribution in [3.63, 3.8) is 0 Å². The minimum absolute atomic E-state index is 0.141. The summed E-state index contributed by atoms with van der Waals surface area (Å²) >= 11 is 0. The van der Waals surface area contributed by atoms with Crippen molar-refractivity contribution in [2.24, 2.45) is 0 Å². The van der Waals surface area contributed by atoms with E-state index in [2.05, 4.69) is 24.0 Å². The van der Waals surface area contributed by atoms with Crippen molar-refractivity contribution in [2.45, 2.75) is 43.2 Å². The Kier molecular flexibility index (Phi) is 7.38. The van der Waals surface area contributed by atoms with Gasteiger partial charge in [-0.15, -0.1) is 12.8 Å². The predicted molar refractivity (Wildman–Crippen MR) is 116 cm³/mol. The molecule has 5 nitrogen and oxygen atoms in total. The fourth-order valence-corrected chi connectivity index (χ4v) is 4.13. The summed E-state index contributed by atoms with van der Waals surface area (Å²) in [7, 11) is 0. The van der Waals surface area contributed by atoms with Crippen LogP contribution in [0.3, 0.4) is 0 Å². The molecule has 0 bridgehead atoms. The first-order valence-electron chi connectivity index (χ1n) is 10.4. The molecule has 2 saturated heterocycles. The van der Waals surface area contributed by atoms with Gasteiger partial charge in [-0.2, -0.15) is 0 Å². The van der Waals surface area contributed by atoms with Crippen LogP contribution in [0.1, 0.15) is 17.4 Å². The molecule has 5 heteroatoms. The molecule has 160 valence electrons. The Morgan fingerprint density at radius 1 is 0.839 bits per heavy atom. The van der Waals surface area contributed by atoms with Crippen LogP contribution >= 0.6 is 0 Å². The normalized spacial score (nSPS) is 30.0. The standard InChI is InChI=1S/C26H26O5/c1-3-15-27-23-21(17-19-11-7-5-8-12-19)30-22-18-29-26(20-13-9-6-10-14-20)31-24(22)25(23)28-16-4-2/h1-2,5-14,21-26H,15-18H2/t21-,22+,23-,24+,25+,26?/m0/s1. The third-order valence-electron chi connectivity index (χ3n) is 5.49. The average molecular weight is 418 g/mol. The summed E-state index contributed by atoms with van der Waals surface area (Å²) in [6.07, 6.45) is 9.26. The van der Waals surface area contributed by atoms with Gasteiger partial charge in [0.2, 0.25) is 0 Å². The van der Waals surface area contributed by atoms with Gasteiger partial charge in [0.15, 0.2) is 6.29 Å². The van der Waals surface area contributed by atoms with Crippen molar-refractivity contribution >= 4 is 0 Å². The van der Waals surface area contributed by atoms with E-state index in [1.165, 1.54) is 0 Å². The minimum Gasteiger partial charge on any atom is -0.367 e. The second kappa shape index (κ2) is 10.6. The molecule has 4 rings (SSSR count). The molecule has 0 spiro atoms. The molecule has 1 unspecified atom stereocenters. The van der Waals surface area contributed by atoms with E-state index in [0.717, 1.165) is 11.1 Å². The molecule has 0 saturated carbocycles. The summed E-state index contributed by atoms with van der Waals surface area (Å²) in [5, 5.41) is 0. The summed E-state index contributed by atoms with van der Waals surface area (Å²) < 4.78 is 30.8. The molecular formula is C26H26O5. The van der Waals surface area contributed by atoms with Crippen LogP contribution in [0.2, 0.25) is 0 Å². The number of hydrogen-bond donors (Lipinski definition) is 0. The van der Waals surface area contributed by atoms with Gasteiger partial charge < -0.3 is 23.7 Å². The second-order valence-electron chi connectivity index (χ2n) is 7.54. The Labute approximate surface area is 183 Å². The van der Waals surface area contributed by atoms with Crippen LogP contribution in [0.4, 0.5) is 0 Å². The number of fused-ring (bicyclic) bond motifs is 1. The second-order valence-corrected chi connectivity index (χ2v) is 7.54. The number of rotatable bonds is 7. The van der Waals surface area contributed by atoms with Crippen LogP contribution in [-0.4, -0.2) is 50.3 Å². The molecule has 0 aliphatic carbocycles. The lowest BCUT2D eigenvalue weighted by Gasteiger charge is -2.49. The van der Waals surface area contributed by atoms with Crippen molar-refractivity contribution in [1.29, 1.82) is 0 Å². The zero-order valence-corrected chi connectivity index (χ0v) is 17.3. The highest BCUT2D eigenvalue weighted by molar-refractivity contribution is 5.18. The molecule has 0 aromatic heterocycles. The van der Waals surface area contributed by atoms with Gasteiger partial charge in [-0.05, 0) is 5.56 Å². The quantitative estimate of drug-likeness (QED) is 0.647. The third-order valence-corrected chi connectivity index (χ3v) is 5.49. The maximum atomic E-state index is 6.42. The van der Waals surface area contributed by atoms with Crippen molar-refractivity contribution < 1.29 is 23.7 Å². The lowest BCUT2D eigenvalue weighted by molar-refractivity contribution is -0.335. The Bertz CT molecular complexity index is 901. The maximum Gasteiger partial charge on any atom is 0.184 e. The zero-order valence-electron chi connectivity index (χ0n) is 17.3. The molecule has 6 atom stereocenters. The average Bonchev–Trinajstić information content (AvgIpc) is 2.82. The van der Waals surface area contributed by atoms with Crippen LogP contribution in [-0.2, 0) is 30.1 Å². The van der Waals surface area contributed by atoms with E-state index in [-0.39, 0.29) is 25.4 Å². The maximum absolute atomic E-state index is 6.42. The molecule has 2 fully saturated rings. The SMILES string of the molecule is C#CCO[C@@H]1[C@@H](OCC#C)[C@H](Cc2ccccc2)O[C@@H]2COC(c3ccccc3)O[C@@H]12. The number of benzene rings is 2. The molecule has 2 aliphatic heterocycles. The van der Waals surface area contributed by atoms with E-state index in [4.69, 9.17) is 36.5 Å². The smallest absolute Gasteiger partial charge is 0.184 e. The Morgan fingerprint density at radius 3 is 2.16 bits per heavy atom. The van der Waals surface area contributed by atoms with Crippen LogP contribution in [0.15, 0.2) is 60.7 Å². The lowest BCUT2D eigenvalue weighted by atomic mass is 9.90. The zero-order chi connectivity index (χ0) is 21.5. The van der Waals surface area contributed by atoms with Gasteiger partial charge in [-0.1, -0.05) is 72.5 Å². The lowest BCUT2D eigenvalue weighted by Crippen LogP contribution is -2.63. The van der Waals surface area contributed by atoms with E-state index in [1.807, 2.05) is 48.5 Å². The molecule has 31 heavy (non-hydrogen) atoms. The van der Waals surface area contributed by atoms with Gasteiger partial charge in [0.1, 0.15) is 37.6 Å². The molecule has 0 radical (unpaired) electrons. The summed E-state index contributed by atoms with van der Waals surface area (Å²) in [6.45, 7) is 0.667. The van der Waals surface area contributed by atoms with Gasteiger partial charge in [0.05, 0.1) is 12.7 Å². The van der Waals surface area contributed by atoms with Crippen molar-refractivity contribution in [3.05, 3.63) is 71.8 Å². The number of ether oxygens (including phenoxy) is 5. The van der Waals surface area contributed by atoms with E-state index in [1.54, 1.807) is 0 Å². The highest BCUT2D eigenvalue weighted by Gasteiger charge is 2.51. The molecule has 0 amide bonds. The van der Waals surface area contributed by atoms with Gasteiger partial charge in [-0.25, -0.2) is 0 Å². The molecule has 2 heterocycles. The fraction of sp³-hybridized carbons (Fsp3) is 0.385. The summed E-state index contributed by atoms with van der Waals surface area (Å²) in [4.78, 5) is 0. The first-order chi connectivity index (χ1) is 15.3. The van der Waals surface area contributed by atoms with Crippen LogP contribution in [0, 0.1) is 24.7 Å². The van der Waals surface area contributed by atoms with E-state index in [0.29, 0.717) is 13.0 Å². The third kappa shape index (κ3) is 5.17. The highest BCUT2D eigenvalue weighted by Crippen LogP contribution is 2.37. The summed E-state index contributed by atoms with van der Waals surface area (Å²) in [6, 6.07) is 19.9. The molecule has 2 aromatic rings. The van der Waals surface area contributed by atoms with Crippen LogP contribution < -0.4 is 0 Å². The van der Waals surface area contributed by atoms with Gasteiger partial charge >= 0.3 is 0 Å². The topological polar surface area (TPSA) is 46.2 Å². The van der Waals surface area contributed by atoms with Gasteiger partial charge in [0.25, 0.3) is 0 Å². The van der Waals surface area contributed by atoms with E-state index < -0.39 is 24.6 Å². The summed E-state index contributed by atoms with van der Waals surface area (Å²) in [5.41, 5.74) is 2.07. The minimum atomic E-state index is -0.512. The fourth-order valence-electron chi connectivity index (χ4n) is 4.13. The van der Waals surface area contributed by atoms with Crippen molar-refractivity contribution in [2.75, 3.05) is 19.8 Å². The molecule has 2 aromatic carbocycles.